The van der Waals surface area contributed by atoms with Crippen molar-refractivity contribution in [3.05, 3.63) is 74.6 Å². The molecule has 33 heavy (non-hydrogen) atoms. The third-order valence-corrected chi connectivity index (χ3v) is 4.44. The number of nitro groups is 2. The predicted molar refractivity (Wildman–Crippen MR) is 114 cm³/mol. The van der Waals surface area contributed by atoms with Gasteiger partial charge >= 0.3 is 5.69 Å². The summed E-state index contributed by atoms with van der Waals surface area (Å²) in [5, 5.41) is 25.3. The summed E-state index contributed by atoms with van der Waals surface area (Å²) >= 11 is 0. The van der Waals surface area contributed by atoms with Crippen LogP contribution in [-0.2, 0) is 0 Å². The smallest absolute Gasteiger partial charge is 0.355 e. The normalized spacial score (nSPS) is 11.9. The molecule has 0 saturated heterocycles. The quantitative estimate of drug-likeness (QED) is 0.353. The van der Waals surface area contributed by atoms with Crippen molar-refractivity contribution in [2.45, 2.75) is 0 Å². The van der Waals surface area contributed by atoms with E-state index in [-0.39, 0.29) is 22.9 Å². The number of hydrogen-bond donors (Lipinski definition) is 3. The van der Waals surface area contributed by atoms with Crippen LogP contribution in [0, 0.1) is 20.2 Å². The van der Waals surface area contributed by atoms with Crippen molar-refractivity contribution in [3.8, 4) is 11.5 Å². The Bertz CT molecular complexity index is 1230. The van der Waals surface area contributed by atoms with Crippen molar-refractivity contribution in [1.82, 2.24) is 15.4 Å². The first-order valence-corrected chi connectivity index (χ1v) is 9.39. The summed E-state index contributed by atoms with van der Waals surface area (Å²) in [6.07, 6.45) is 1.08. The monoisotopic (exact) mass is 453 g/mol. The molecule has 14 heteroatoms. The standard InChI is InChI=1S/C19H15N7O7/c27-19(11-1-4-13(5-2-11)25(28)29)24-23-18-16(26(30)31)17(20-10-21-18)22-12-3-6-14-15(9-12)33-8-7-32-14/h1-6,9-10H,7-8H2,(H,24,27)(H2,20,21,22,23). The van der Waals surface area contributed by atoms with Crippen LogP contribution in [0.25, 0.3) is 0 Å². The first-order valence-electron chi connectivity index (χ1n) is 9.39. The van der Waals surface area contributed by atoms with E-state index in [2.05, 4.69) is 26.1 Å². The maximum Gasteiger partial charge on any atom is 0.355 e. The summed E-state index contributed by atoms with van der Waals surface area (Å²) < 4.78 is 11.0. The van der Waals surface area contributed by atoms with Crippen molar-refractivity contribution in [2.24, 2.45) is 0 Å². The second kappa shape index (κ2) is 9.01. The van der Waals surface area contributed by atoms with Crippen molar-refractivity contribution >= 4 is 34.6 Å². The van der Waals surface area contributed by atoms with Gasteiger partial charge in [0.2, 0.25) is 11.6 Å². The molecule has 2 heterocycles. The van der Waals surface area contributed by atoms with Crippen molar-refractivity contribution in [3.63, 3.8) is 0 Å². The highest BCUT2D eigenvalue weighted by atomic mass is 16.6. The highest BCUT2D eigenvalue weighted by molar-refractivity contribution is 5.95. The molecular weight excluding hydrogens is 438 g/mol. The van der Waals surface area contributed by atoms with E-state index in [1.54, 1.807) is 18.2 Å². The van der Waals surface area contributed by atoms with Gasteiger partial charge in [-0.3, -0.25) is 35.9 Å². The Morgan fingerprint density at radius 2 is 1.61 bits per heavy atom. The lowest BCUT2D eigenvalue weighted by molar-refractivity contribution is -0.384. The van der Waals surface area contributed by atoms with Crippen LogP contribution in [0.3, 0.4) is 0 Å². The van der Waals surface area contributed by atoms with E-state index in [0.29, 0.717) is 30.4 Å². The Morgan fingerprint density at radius 1 is 0.909 bits per heavy atom. The minimum absolute atomic E-state index is 0.0967. The lowest BCUT2D eigenvalue weighted by atomic mass is 10.2. The fourth-order valence-corrected chi connectivity index (χ4v) is 2.92. The van der Waals surface area contributed by atoms with Crippen LogP contribution in [0.5, 0.6) is 11.5 Å². The highest BCUT2D eigenvalue weighted by Crippen LogP contribution is 2.36. The molecule has 1 amide bonds. The lowest BCUT2D eigenvalue weighted by Gasteiger charge is -2.19. The second-order valence-corrected chi connectivity index (χ2v) is 6.54. The molecule has 0 radical (unpaired) electrons. The zero-order valence-electron chi connectivity index (χ0n) is 16.7. The van der Waals surface area contributed by atoms with E-state index in [4.69, 9.17) is 9.47 Å². The van der Waals surface area contributed by atoms with Gasteiger partial charge in [0.05, 0.1) is 9.85 Å². The van der Waals surface area contributed by atoms with Gasteiger partial charge < -0.3 is 14.8 Å². The van der Waals surface area contributed by atoms with Gasteiger partial charge in [-0.1, -0.05) is 0 Å². The Kier molecular flexibility index (Phi) is 5.79. The maximum absolute atomic E-state index is 12.3. The number of aromatic nitrogens is 2. The average Bonchev–Trinajstić information content (AvgIpc) is 2.82. The third-order valence-electron chi connectivity index (χ3n) is 4.44. The molecule has 0 spiro atoms. The van der Waals surface area contributed by atoms with Crippen LogP contribution in [0.2, 0.25) is 0 Å². The number of rotatable bonds is 7. The lowest BCUT2D eigenvalue weighted by Crippen LogP contribution is -2.30. The Labute approximate surface area is 184 Å². The molecule has 3 N–H and O–H groups in total. The number of hydrazine groups is 1. The van der Waals surface area contributed by atoms with E-state index in [9.17, 15) is 25.0 Å². The zero-order chi connectivity index (χ0) is 23.4. The minimum Gasteiger partial charge on any atom is -0.486 e. The van der Waals surface area contributed by atoms with Crippen LogP contribution in [0.15, 0.2) is 48.8 Å². The number of carbonyl (C=O) groups excluding carboxylic acids is 1. The summed E-state index contributed by atoms with van der Waals surface area (Å²) in [6.45, 7) is 0.810. The molecule has 14 nitrogen and oxygen atoms in total. The number of amides is 1. The number of nitrogens with zero attached hydrogens (tertiary/aromatic N) is 4. The molecule has 0 unspecified atom stereocenters. The number of benzene rings is 2. The number of fused-ring (bicyclic) bond motifs is 1. The number of hydrogen-bond acceptors (Lipinski definition) is 11. The first-order chi connectivity index (χ1) is 15.9. The average molecular weight is 453 g/mol. The summed E-state index contributed by atoms with van der Waals surface area (Å²) in [7, 11) is 0. The number of ether oxygens (including phenoxy) is 2. The molecule has 4 rings (SSSR count). The summed E-state index contributed by atoms with van der Waals surface area (Å²) in [6, 6.07) is 9.74. The van der Waals surface area contributed by atoms with Crippen molar-refractivity contribution in [1.29, 1.82) is 0 Å². The zero-order valence-corrected chi connectivity index (χ0v) is 16.7. The topological polar surface area (TPSA) is 184 Å². The molecule has 0 atom stereocenters. The molecule has 0 aliphatic carbocycles. The molecule has 1 aliphatic heterocycles. The fraction of sp³-hybridized carbons (Fsp3) is 0.105. The largest absolute Gasteiger partial charge is 0.486 e. The number of carbonyl (C=O) groups is 1. The molecule has 1 aliphatic rings. The van der Waals surface area contributed by atoms with Crippen LogP contribution in [0.4, 0.5) is 28.7 Å². The summed E-state index contributed by atoms with van der Waals surface area (Å²) in [5.41, 5.74) is 4.53. The van der Waals surface area contributed by atoms with Gasteiger partial charge in [0, 0.05) is 29.4 Å². The van der Waals surface area contributed by atoms with Gasteiger partial charge in [0.15, 0.2) is 11.5 Å². The van der Waals surface area contributed by atoms with Gasteiger partial charge in [-0.2, -0.15) is 0 Å². The highest BCUT2D eigenvalue weighted by Gasteiger charge is 2.24. The van der Waals surface area contributed by atoms with E-state index in [1.807, 2.05) is 0 Å². The van der Waals surface area contributed by atoms with Gasteiger partial charge in [0.25, 0.3) is 11.6 Å². The van der Waals surface area contributed by atoms with Crippen LogP contribution >= 0.6 is 0 Å². The maximum atomic E-state index is 12.3. The number of anilines is 3. The second-order valence-electron chi connectivity index (χ2n) is 6.54. The SMILES string of the molecule is O=C(NNc1ncnc(Nc2ccc3c(c2)OCCO3)c1[N+](=O)[O-])c1ccc([N+](=O)[O-])cc1. The molecular formula is C19H15N7O7. The third kappa shape index (κ3) is 4.68. The van der Waals surface area contributed by atoms with Gasteiger partial charge in [-0.05, 0) is 24.3 Å². The van der Waals surface area contributed by atoms with Crippen LogP contribution in [0.1, 0.15) is 10.4 Å². The number of non-ortho nitro benzene ring substituents is 1. The molecule has 0 fully saturated rings. The summed E-state index contributed by atoms with van der Waals surface area (Å²) in [4.78, 5) is 41.2. The number of nitro benzene ring substituents is 1. The first kappa shape index (κ1) is 21.2. The molecule has 0 saturated carbocycles. The van der Waals surface area contributed by atoms with Gasteiger partial charge in [0.1, 0.15) is 19.5 Å². The molecule has 3 aromatic rings. The minimum atomic E-state index is -0.708. The summed E-state index contributed by atoms with van der Waals surface area (Å²) in [5.74, 6) is -0.0415. The van der Waals surface area contributed by atoms with Crippen molar-refractivity contribution < 1.29 is 24.1 Å². The van der Waals surface area contributed by atoms with Crippen LogP contribution < -0.4 is 25.6 Å². The number of nitrogens with one attached hydrogen (secondary N) is 3. The Balaban J connectivity index is 1.52. The Hall–Kier alpha value is -5.01. The van der Waals surface area contributed by atoms with E-state index in [1.165, 1.54) is 12.1 Å². The molecule has 0 bridgehead atoms. The fourth-order valence-electron chi connectivity index (χ4n) is 2.92. The predicted octanol–water partition coefficient (Wildman–Crippen LogP) is 2.56. The van der Waals surface area contributed by atoms with Gasteiger partial charge in [-0.25, -0.2) is 9.97 Å². The molecule has 1 aromatic heterocycles. The van der Waals surface area contributed by atoms with Crippen LogP contribution in [-0.4, -0.2) is 38.9 Å². The van der Waals surface area contributed by atoms with E-state index >= 15 is 0 Å². The van der Waals surface area contributed by atoms with E-state index < -0.39 is 21.4 Å². The van der Waals surface area contributed by atoms with Gasteiger partial charge in [-0.15, -0.1) is 0 Å². The van der Waals surface area contributed by atoms with Crippen molar-refractivity contribution in [2.75, 3.05) is 24.0 Å². The molecule has 168 valence electrons. The Morgan fingerprint density at radius 3 is 2.30 bits per heavy atom. The van der Waals surface area contributed by atoms with E-state index in [0.717, 1.165) is 18.5 Å². The molecule has 2 aromatic carbocycles.